The molecule has 0 heterocycles. The van der Waals surface area contributed by atoms with E-state index in [0.29, 0.717) is 19.4 Å². The van der Waals surface area contributed by atoms with Gasteiger partial charge in [0.25, 0.3) is 0 Å². The smallest absolute Gasteiger partial charge is 0.220 e. The highest BCUT2D eigenvalue weighted by Gasteiger charge is 1.99. The van der Waals surface area contributed by atoms with Crippen molar-refractivity contribution in [3.8, 4) is 0 Å². The molecule has 1 N–H and O–H groups in total. The molecule has 0 aliphatic heterocycles. The molecule has 0 rings (SSSR count). The van der Waals surface area contributed by atoms with Crippen LogP contribution < -0.4 is 10.4 Å². The van der Waals surface area contributed by atoms with E-state index in [2.05, 4.69) is 60.8 Å². The number of carbonyl (C=O) groups is 2. The lowest BCUT2D eigenvalue weighted by Gasteiger charge is -2.04. The monoisotopic (exact) mass is 388 g/mol. The molecule has 0 aromatic carbocycles. The van der Waals surface area contributed by atoms with Gasteiger partial charge in [0.1, 0.15) is 0 Å². The van der Waals surface area contributed by atoms with Crippen molar-refractivity contribution < 1.29 is 14.7 Å². The molecule has 0 aromatic rings. The molecule has 1 amide bonds. The summed E-state index contributed by atoms with van der Waals surface area (Å²) < 4.78 is 0. The van der Waals surface area contributed by atoms with E-state index in [4.69, 9.17) is 0 Å². The van der Waals surface area contributed by atoms with E-state index < -0.39 is 5.97 Å². The van der Waals surface area contributed by atoms with Crippen LogP contribution in [0.5, 0.6) is 0 Å². The van der Waals surface area contributed by atoms with Gasteiger partial charge in [-0.05, 0) is 57.8 Å². The fourth-order valence-electron chi connectivity index (χ4n) is 2.49. The van der Waals surface area contributed by atoms with E-state index in [1.165, 1.54) is 25.7 Å². The highest BCUT2D eigenvalue weighted by molar-refractivity contribution is 5.75. The summed E-state index contributed by atoms with van der Waals surface area (Å²) in [6, 6.07) is 0. The zero-order valence-corrected chi connectivity index (χ0v) is 17.5. The topological polar surface area (TPSA) is 69.2 Å². The molecule has 0 bridgehead atoms. The molecule has 4 heteroatoms. The summed E-state index contributed by atoms with van der Waals surface area (Å²) in [6.45, 7) is 2.63. The van der Waals surface area contributed by atoms with Gasteiger partial charge in [-0.1, -0.05) is 68.4 Å². The number of hydrogen-bond donors (Lipinski definition) is 1. The minimum atomic E-state index is -1.07. The molecule has 0 radical (unpaired) electrons. The van der Waals surface area contributed by atoms with Gasteiger partial charge in [0.15, 0.2) is 0 Å². The van der Waals surface area contributed by atoms with Crippen LogP contribution in [0.3, 0.4) is 0 Å². The lowest BCUT2D eigenvalue weighted by atomic mass is 10.2. The Bertz CT molecular complexity index is 504. The number of nitrogens with one attached hydrogen (secondary N) is 1. The second-order valence-electron chi connectivity index (χ2n) is 6.81. The number of carboxylic acids is 1. The Labute approximate surface area is 171 Å². The first-order valence-electron chi connectivity index (χ1n) is 10.7. The second-order valence-corrected chi connectivity index (χ2v) is 6.81. The van der Waals surface area contributed by atoms with Gasteiger partial charge >= 0.3 is 0 Å². The third kappa shape index (κ3) is 21.9. The maximum Gasteiger partial charge on any atom is 0.220 e. The van der Waals surface area contributed by atoms with Crippen molar-refractivity contribution >= 4 is 11.9 Å². The molecule has 0 unspecified atom stereocenters. The fourth-order valence-corrected chi connectivity index (χ4v) is 2.49. The first-order chi connectivity index (χ1) is 13.7. The summed E-state index contributed by atoms with van der Waals surface area (Å²) in [5, 5.41) is 13.0. The molecule has 0 aliphatic rings. The molecule has 28 heavy (non-hydrogen) atoms. The number of carbonyl (C=O) groups excluding carboxylic acids is 2. The zero-order chi connectivity index (χ0) is 20.7. The summed E-state index contributed by atoms with van der Waals surface area (Å²) >= 11 is 0. The van der Waals surface area contributed by atoms with Crippen molar-refractivity contribution in [1.29, 1.82) is 0 Å². The minimum absolute atomic E-state index is 0.0114. The van der Waals surface area contributed by atoms with Gasteiger partial charge in [0.2, 0.25) is 5.91 Å². The second kappa shape index (κ2) is 21.2. The number of carboxylic acid groups (broad SMARTS) is 1. The first kappa shape index (κ1) is 25.9. The number of rotatable bonds is 18. The predicted molar refractivity (Wildman–Crippen MR) is 116 cm³/mol. The Kier molecular flexibility index (Phi) is 19.6. The molecule has 0 spiro atoms. The number of unbranched alkanes of at least 4 members (excludes halogenated alkanes) is 4. The zero-order valence-electron chi connectivity index (χ0n) is 17.5. The molecule has 0 aliphatic carbocycles. The van der Waals surface area contributed by atoms with E-state index in [9.17, 15) is 14.7 Å². The summed E-state index contributed by atoms with van der Waals surface area (Å²) in [7, 11) is 0. The van der Waals surface area contributed by atoms with E-state index in [1.54, 1.807) is 0 Å². The van der Waals surface area contributed by atoms with Gasteiger partial charge in [-0.2, -0.15) is 0 Å². The molecular weight excluding hydrogens is 350 g/mol. The predicted octanol–water partition coefficient (Wildman–Crippen LogP) is 4.78. The Morgan fingerprint density at radius 1 is 0.714 bits per heavy atom. The van der Waals surface area contributed by atoms with Gasteiger partial charge in [-0.3, -0.25) is 4.79 Å². The Balaban J connectivity index is 3.47. The lowest BCUT2D eigenvalue weighted by Crippen LogP contribution is -2.27. The maximum atomic E-state index is 11.5. The summed E-state index contributed by atoms with van der Waals surface area (Å²) in [6.07, 6.45) is 28.1. The molecule has 0 atom stereocenters. The van der Waals surface area contributed by atoms with Crippen LogP contribution in [0.2, 0.25) is 0 Å². The van der Waals surface area contributed by atoms with Gasteiger partial charge in [0, 0.05) is 18.9 Å². The first-order valence-corrected chi connectivity index (χ1v) is 10.7. The summed E-state index contributed by atoms with van der Waals surface area (Å²) in [5.74, 6) is -1.09. The largest absolute Gasteiger partial charge is 0.550 e. The summed E-state index contributed by atoms with van der Waals surface area (Å²) in [5.41, 5.74) is 0. The van der Waals surface area contributed by atoms with Gasteiger partial charge in [-0.25, -0.2) is 0 Å². The SMILES string of the molecule is CCCCC/C=C\C/C=C\C/C=C\C/C=C\CCCC(=O)NCCCC(=O)[O-]. The minimum Gasteiger partial charge on any atom is -0.550 e. The Hall–Kier alpha value is -2.10. The molecule has 0 fully saturated rings. The van der Waals surface area contributed by atoms with Crippen LogP contribution in [0.1, 0.15) is 84.0 Å². The lowest BCUT2D eigenvalue weighted by molar-refractivity contribution is -0.305. The quantitative estimate of drug-likeness (QED) is 0.271. The van der Waals surface area contributed by atoms with Crippen molar-refractivity contribution in [2.75, 3.05) is 6.54 Å². The van der Waals surface area contributed by atoms with E-state index in [-0.39, 0.29) is 12.3 Å². The highest BCUT2D eigenvalue weighted by atomic mass is 16.4. The van der Waals surface area contributed by atoms with Crippen LogP contribution in [-0.2, 0) is 9.59 Å². The van der Waals surface area contributed by atoms with Crippen LogP contribution in [0, 0.1) is 0 Å². The van der Waals surface area contributed by atoms with E-state index in [0.717, 1.165) is 32.1 Å². The van der Waals surface area contributed by atoms with Crippen molar-refractivity contribution in [1.82, 2.24) is 5.32 Å². The molecular formula is C24H38NO3-. The van der Waals surface area contributed by atoms with Gasteiger partial charge in [0.05, 0.1) is 0 Å². The average molecular weight is 389 g/mol. The highest BCUT2D eigenvalue weighted by Crippen LogP contribution is 2.01. The number of hydrogen-bond acceptors (Lipinski definition) is 3. The number of amides is 1. The Morgan fingerprint density at radius 3 is 1.79 bits per heavy atom. The Morgan fingerprint density at radius 2 is 1.25 bits per heavy atom. The van der Waals surface area contributed by atoms with Crippen LogP contribution in [0.4, 0.5) is 0 Å². The van der Waals surface area contributed by atoms with Crippen LogP contribution in [0.15, 0.2) is 48.6 Å². The fraction of sp³-hybridized carbons (Fsp3) is 0.583. The van der Waals surface area contributed by atoms with Crippen molar-refractivity contribution in [2.24, 2.45) is 0 Å². The normalized spacial score (nSPS) is 12.0. The van der Waals surface area contributed by atoms with Gasteiger partial charge in [-0.15, -0.1) is 0 Å². The molecule has 158 valence electrons. The standard InChI is InChI=1S/C24H39NO3/c1-2-3-4-5-6-7-8-9-10-11-12-13-14-15-16-17-18-20-23(26)25-22-19-21-24(27)28/h6-7,9-10,12-13,15-16H,2-5,8,11,14,17-22H2,1H3,(H,25,26)(H,27,28)/p-1/b7-6-,10-9-,13-12-,16-15-. The summed E-state index contributed by atoms with van der Waals surface area (Å²) in [4.78, 5) is 21.8. The van der Waals surface area contributed by atoms with Gasteiger partial charge < -0.3 is 15.2 Å². The number of allylic oxidation sites excluding steroid dienone is 8. The molecule has 0 aromatic heterocycles. The van der Waals surface area contributed by atoms with Crippen molar-refractivity contribution in [2.45, 2.75) is 84.0 Å². The third-order valence-corrected chi connectivity index (χ3v) is 4.11. The third-order valence-electron chi connectivity index (χ3n) is 4.11. The van der Waals surface area contributed by atoms with Crippen LogP contribution in [-0.4, -0.2) is 18.4 Å². The van der Waals surface area contributed by atoms with Crippen molar-refractivity contribution in [3.05, 3.63) is 48.6 Å². The van der Waals surface area contributed by atoms with Crippen LogP contribution in [0.25, 0.3) is 0 Å². The van der Waals surface area contributed by atoms with E-state index >= 15 is 0 Å². The molecule has 0 saturated heterocycles. The van der Waals surface area contributed by atoms with E-state index in [1.807, 2.05) is 0 Å². The van der Waals surface area contributed by atoms with Crippen LogP contribution >= 0.6 is 0 Å². The average Bonchev–Trinajstić information content (AvgIpc) is 2.67. The number of aliphatic carboxylic acids is 1. The maximum absolute atomic E-state index is 11.5. The van der Waals surface area contributed by atoms with Crippen molar-refractivity contribution in [3.63, 3.8) is 0 Å². The molecule has 4 nitrogen and oxygen atoms in total. The molecule has 0 saturated carbocycles.